The highest BCUT2D eigenvalue weighted by Crippen LogP contribution is 2.39. The number of carbonyl (C=O) groups excluding carboxylic acids is 1. The molecular weight excluding hydrogens is 576 g/mol. The molecule has 5 rings (SSSR count). The molecule has 0 spiro atoms. The van der Waals surface area contributed by atoms with E-state index in [2.05, 4.69) is 55.0 Å². The summed E-state index contributed by atoms with van der Waals surface area (Å²) in [7, 11) is 1.35. The lowest BCUT2D eigenvalue weighted by molar-refractivity contribution is 0.0595. The molecular formula is C38H42N4O4. The molecule has 0 radical (unpaired) electrons. The fraction of sp³-hybridized carbons (Fsp3) is 0.289. The molecule has 0 aliphatic rings. The quantitative estimate of drug-likeness (QED) is 0.117. The summed E-state index contributed by atoms with van der Waals surface area (Å²) in [5, 5.41) is 8.82. The SMILES string of the molecule is CCN(CC)Cc1ccc(-c2c(C(=O)OC)nnn2-c2cc(C(C)C)c(OCc3ccccc3)cc2OCc2ccccc2)cc1. The van der Waals surface area contributed by atoms with E-state index >= 15 is 0 Å². The Kier molecular flexibility index (Phi) is 10.8. The van der Waals surface area contributed by atoms with Crippen LogP contribution in [0.1, 0.15) is 66.4 Å². The summed E-state index contributed by atoms with van der Waals surface area (Å²) in [6.07, 6.45) is 0. The molecule has 8 heteroatoms. The molecule has 46 heavy (non-hydrogen) atoms. The van der Waals surface area contributed by atoms with E-state index in [4.69, 9.17) is 14.2 Å². The highest BCUT2D eigenvalue weighted by molar-refractivity contribution is 5.94. The van der Waals surface area contributed by atoms with Gasteiger partial charge in [-0.25, -0.2) is 9.48 Å². The zero-order chi connectivity index (χ0) is 32.5. The van der Waals surface area contributed by atoms with E-state index in [1.807, 2.05) is 84.9 Å². The molecule has 0 bridgehead atoms. The standard InChI is InChI=1S/C38H42N4O4/c1-6-41(7-2)24-28-18-20-31(21-19-28)37-36(38(43)44-5)39-40-42(37)33-22-32(27(3)4)34(45-25-29-14-10-8-11-15-29)23-35(33)46-26-30-16-12-9-13-17-30/h8-23,27H,6-7,24-26H2,1-5H3. The molecule has 0 aliphatic heterocycles. The molecule has 0 atom stereocenters. The van der Waals surface area contributed by atoms with E-state index in [1.165, 1.54) is 12.7 Å². The second-order valence-electron chi connectivity index (χ2n) is 11.4. The molecule has 1 aromatic heterocycles. The van der Waals surface area contributed by atoms with Crippen LogP contribution in [0.4, 0.5) is 0 Å². The lowest BCUT2D eigenvalue weighted by Gasteiger charge is -2.20. The van der Waals surface area contributed by atoms with Gasteiger partial charge in [-0.3, -0.25) is 4.90 Å². The summed E-state index contributed by atoms with van der Waals surface area (Å²) in [4.78, 5) is 15.3. The first-order valence-corrected chi connectivity index (χ1v) is 15.8. The Morgan fingerprint density at radius 1 is 0.783 bits per heavy atom. The number of nitrogens with zero attached hydrogens (tertiary/aromatic N) is 4. The minimum atomic E-state index is -0.563. The van der Waals surface area contributed by atoms with E-state index in [-0.39, 0.29) is 11.6 Å². The van der Waals surface area contributed by atoms with Crippen LogP contribution < -0.4 is 9.47 Å². The predicted octanol–water partition coefficient (Wildman–Crippen LogP) is 7.84. The number of carbonyl (C=O) groups is 1. The fourth-order valence-electron chi connectivity index (χ4n) is 5.31. The number of methoxy groups -OCH3 is 1. The van der Waals surface area contributed by atoms with Gasteiger partial charge in [0.25, 0.3) is 0 Å². The van der Waals surface area contributed by atoms with Crippen molar-refractivity contribution in [2.45, 2.75) is 53.4 Å². The Hall–Kier alpha value is -4.95. The van der Waals surface area contributed by atoms with Crippen molar-refractivity contribution in [1.82, 2.24) is 19.9 Å². The van der Waals surface area contributed by atoms with Crippen LogP contribution in [-0.2, 0) is 24.5 Å². The van der Waals surface area contributed by atoms with Crippen LogP contribution >= 0.6 is 0 Å². The number of hydrogen-bond acceptors (Lipinski definition) is 7. The third-order valence-corrected chi connectivity index (χ3v) is 7.99. The van der Waals surface area contributed by atoms with Crippen molar-refractivity contribution in [3.63, 3.8) is 0 Å². The number of hydrogen-bond donors (Lipinski definition) is 0. The zero-order valence-corrected chi connectivity index (χ0v) is 27.3. The molecule has 0 N–H and O–H groups in total. The molecule has 5 aromatic rings. The minimum Gasteiger partial charge on any atom is -0.488 e. The van der Waals surface area contributed by atoms with Gasteiger partial charge in [0.1, 0.15) is 36.1 Å². The Balaban J connectivity index is 1.62. The van der Waals surface area contributed by atoms with Gasteiger partial charge in [0.15, 0.2) is 5.69 Å². The molecule has 0 amide bonds. The fourth-order valence-corrected chi connectivity index (χ4v) is 5.31. The number of rotatable bonds is 14. The maximum atomic E-state index is 13.0. The summed E-state index contributed by atoms with van der Waals surface area (Å²) in [6, 6.07) is 32.2. The van der Waals surface area contributed by atoms with Gasteiger partial charge in [0, 0.05) is 18.2 Å². The average Bonchev–Trinajstić information content (AvgIpc) is 3.54. The van der Waals surface area contributed by atoms with E-state index in [0.29, 0.717) is 30.3 Å². The van der Waals surface area contributed by atoms with Gasteiger partial charge in [-0.05, 0) is 47.3 Å². The zero-order valence-electron chi connectivity index (χ0n) is 27.3. The largest absolute Gasteiger partial charge is 0.488 e. The second-order valence-corrected chi connectivity index (χ2v) is 11.4. The predicted molar refractivity (Wildman–Crippen MR) is 180 cm³/mol. The van der Waals surface area contributed by atoms with Crippen molar-refractivity contribution >= 4 is 5.97 Å². The van der Waals surface area contributed by atoms with Crippen LogP contribution in [-0.4, -0.2) is 46.1 Å². The van der Waals surface area contributed by atoms with Crippen LogP contribution in [0.2, 0.25) is 0 Å². The van der Waals surface area contributed by atoms with E-state index in [0.717, 1.165) is 47.6 Å². The van der Waals surface area contributed by atoms with Gasteiger partial charge in [0.05, 0.1) is 7.11 Å². The summed E-state index contributed by atoms with van der Waals surface area (Å²) >= 11 is 0. The van der Waals surface area contributed by atoms with Crippen molar-refractivity contribution in [3.05, 3.63) is 125 Å². The van der Waals surface area contributed by atoms with Crippen molar-refractivity contribution in [3.8, 4) is 28.4 Å². The Morgan fingerprint density at radius 2 is 1.37 bits per heavy atom. The molecule has 0 fully saturated rings. The summed E-state index contributed by atoms with van der Waals surface area (Å²) in [5.74, 6) is 0.838. The third-order valence-electron chi connectivity index (χ3n) is 7.99. The van der Waals surface area contributed by atoms with Crippen LogP contribution in [0, 0.1) is 0 Å². The molecule has 238 valence electrons. The van der Waals surface area contributed by atoms with E-state index < -0.39 is 5.97 Å². The van der Waals surface area contributed by atoms with Gasteiger partial charge in [0.2, 0.25) is 0 Å². The highest BCUT2D eigenvalue weighted by Gasteiger charge is 2.26. The van der Waals surface area contributed by atoms with Crippen molar-refractivity contribution in [1.29, 1.82) is 0 Å². The van der Waals surface area contributed by atoms with Crippen LogP contribution in [0.15, 0.2) is 97.1 Å². The van der Waals surface area contributed by atoms with Gasteiger partial charge < -0.3 is 14.2 Å². The first kappa shape index (κ1) is 32.4. The monoisotopic (exact) mass is 618 g/mol. The van der Waals surface area contributed by atoms with Crippen LogP contribution in [0.3, 0.4) is 0 Å². The Morgan fingerprint density at radius 3 is 1.91 bits per heavy atom. The minimum absolute atomic E-state index is 0.124. The van der Waals surface area contributed by atoms with Gasteiger partial charge >= 0.3 is 5.97 Å². The van der Waals surface area contributed by atoms with Gasteiger partial charge in [-0.1, -0.05) is 118 Å². The molecule has 4 aromatic carbocycles. The lowest BCUT2D eigenvalue weighted by Crippen LogP contribution is -2.21. The van der Waals surface area contributed by atoms with Crippen LogP contribution in [0.5, 0.6) is 11.5 Å². The second kappa shape index (κ2) is 15.4. The van der Waals surface area contributed by atoms with Crippen molar-refractivity contribution < 1.29 is 19.0 Å². The van der Waals surface area contributed by atoms with Gasteiger partial charge in [-0.15, -0.1) is 5.10 Å². The first-order valence-electron chi connectivity index (χ1n) is 15.8. The smallest absolute Gasteiger partial charge is 0.360 e. The van der Waals surface area contributed by atoms with Crippen LogP contribution in [0.25, 0.3) is 16.9 Å². The number of benzene rings is 4. The summed E-state index contributed by atoms with van der Waals surface area (Å²) in [6.45, 7) is 12.1. The van der Waals surface area contributed by atoms with Crippen molar-refractivity contribution in [2.75, 3.05) is 20.2 Å². The maximum Gasteiger partial charge on any atom is 0.360 e. The van der Waals surface area contributed by atoms with E-state index in [9.17, 15) is 4.79 Å². The van der Waals surface area contributed by atoms with E-state index in [1.54, 1.807) is 4.68 Å². The number of ether oxygens (including phenoxy) is 3. The molecule has 0 saturated carbocycles. The topological polar surface area (TPSA) is 78.7 Å². The molecule has 0 unspecified atom stereocenters. The number of aromatic nitrogens is 3. The summed E-state index contributed by atoms with van der Waals surface area (Å²) < 4.78 is 19.7. The normalized spacial score (nSPS) is 11.2. The molecule has 0 saturated heterocycles. The number of esters is 1. The Labute approximate surface area is 271 Å². The molecule has 1 heterocycles. The molecule has 0 aliphatic carbocycles. The highest BCUT2D eigenvalue weighted by atomic mass is 16.5. The average molecular weight is 619 g/mol. The van der Waals surface area contributed by atoms with Gasteiger partial charge in [-0.2, -0.15) is 0 Å². The summed E-state index contributed by atoms with van der Waals surface area (Å²) in [5.41, 5.74) is 6.34. The first-order chi connectivity index (χ1) is 22.4. The Bertz CT molecular complexity index is 1710. The molecule has 8 nitrogen and oxygen atoms in total. The maximum absolute atomic E-state index is 13.0. The third kappa shape index (κ3) is 7.64. The lowest BCUT2D eigenvalue weighted by atomic mass is 10.00. The van der Waals surface area contributed by atoms with Crippen molar-refractivity contribution in [2.24, 2.45) is 0 Å².